The summed E-state index contributed by atoms with van der Waals surface area (Å²) in [6.07, 6.45) is -1.21. The van der Waals surface area contributed by atoms with Crippen LogP contribution in [-0.2, 0) is 35.9 Å². The van der Waals surface area contributed by atoms with Crippen LogP contribution in [0.3, 0.4) is 0 Å². The Bertz CT molecular complexity index is 2180. The summed E-state index contributed by atoms with van der Waals surface area (Å²) in [4.78, 5) is 45.5. The van der Waals surface area contributed by atoms with E-state index in [2.05, 4.69) is 10.3 Å². The molecule has 0 bridgehead atoms. The maximum Gasteiger partial charge on any atom is 0.417 e. The van der Waals surface area contributed by atoms with Crippen molar-refractivity contribution < 1.29 is 41.1 Å². The normalized spacial score (nSPS) is 13.4. The summed E-state index contributed by atoms with van der Waals surface area (Å²) >= 11 is 5.49. The summed E-state index contributed by atoms with van der Waals surface area (Å²) in [5, 5.41) is 2.06. The van der Waals surface area contributed by atoms with Crippen molar-refractivity contribution in [2.75, 3.05) is 25.4 Å². The van der Waals surface area contributed by atoms with Crippen LogP contribution in [-0.4, -0.2) is 56.5 Å². The Morgan fingerprint density at radius 3 is 2.46 bits per heavy atom. The number of rotatable bonds is 7. The number of alkyl halides is 4. The van der Waals surface area contributed by atoms with Gasteiger partial charge >= 0.3 is 6.18 Å². The molecule has 4 heterocycles. The first-order valence-electron chi connectivity index (χ1n) is 14.3. The number of aryl methyl sites for hydroxylation is 1. The molecule has 0 spiro atoms. The van der Waals surface area contributed by atoms with Gasteiger partial charge in [-0.1, -0.05) is 12.1 Å². The third-order valence-corrected chi connectivity index (χ3v) is 8.28. The van der Waals surface area contributed by atoms with Crippen LogP contribution in [0.5, 0.6) is 0 Å². The lowest BCUT2D eigenvalue weighted by atomic mass is 9.89. The molecule has 0 radical (unpaired) electrons. The van der Waals surface area contributed by atoms with Gasteiger partial charge in [0.25, 0.3) is 5.91 Å². The van der Waals surface area contributed by atoms with Crippen molar-refractivity contribution in [2.24, 2.45) is 7.05 Å². The Balaban J connectivity index is 1.58. The van der Waals surface area contributed by atoms with E-state index in [0.717, 1.165) is 24.3 Å². The number of ether oxygens (including phenoxy) is 1. The number of fused-ring (bicyclic) bond motifs is 4. The number of aromatic nitrogens is 3. The summed E-state index contributed by atoms with van der Waals surface area (Å²) in [7, 11) is 4.35. The number of allylic oxidation sites excluding steroid dienone is 1. The predicted octanol–water partition coefficient (Wildman–Crippen LogP) is 6.49. The van der Waals surface area contributed by atoms with Gasteiger partial charge in [0.05, 0.1) is 27.9 Å². The van der Waals surface area contributed by atoms with Crippen molar-refractivity contribution in [2.45, 2.75) is 19.3 Å². The van der Waals surface area contributed by atoms with E-state index in [1.165, 1.54) is 65.5 Å². The molecule has 15 heteroatoms. The quantitative estimate of drug-likeness (QED) is 0.0915. The van der Waals surface area contributed by atoms with Crippen molar-refractivity contribution in [3.8, 4) is 11.1 Å². The third kappa shape index (κ3) is 5.40. The van der Waals surface area contributed by atoms with Crippen LogP contribution >= 0.6 is 11.6 Å². The number of nitrogens with zero attached hydrogens (tertiary/aromatic N) is 4. The Morgan fingerprint density at radius 2 is 1.81 bits per heavy atom. The van der Waals surface area contributed by atoms with E-state index in [0.29, 0.717) is 11.4 Å². The zero-order valence-electron chi connectivity index (χ0n) is 25.5. The third-order valence-electron chi connectivity index (χ3n) is 8.10. The van der Waals surface area contributed by atoms with Crippen LogP contribution < -0.4 is 5.32 Å². The highest BCUT2D eigenvalue weighted by Gasteiger charge is 2.40. The first kappa shape index (κ1) is 32.8. The number of methoxy groups -OCH3 is 1. The molecule has 5 aromatic rings. The molecule has 48 heavy (non-hydrogen) atoms. The number of carbonyl (C=O) groups is 3. The van der Waals surface area contributed by atoms with Crippen molar-refractivity contribution >= 4 is 51.4 Å². The van der Waals surface area contributed by atoms with Gasteiger partial charge in [-0.05, 0) is 35.9 Å². The second kappa shape index (κ2) is 12.2. The summed E-state index contributed by atoms with van der Waals surface area (Å²) in [6.45, 7) is -0.139. The maximum atomic E-state index is 15.0. The van der Waals surface area contributed by atoms with E-state index in [1.807, 2.05) is 0 Å². The molecule has 9 nitrogen and oxygen atoms in total. The molecular formula is C33H25ClF5N5O4. The molecular weight excluding hydrogens is 661 g/mol. The van der Waals surface area contributed by atoms with Gasteiger partial charge in [0.2, 0.25) is 11.7 Å². The highest BCUT2D eigenvalue weighted by Crippen LogP contribution is 2.46. The van der Waals surface area contributed by atoms with Crippen LogP contribution in [0, 0.1) is 11.6 Å². The fraction of sp³-hybridized carbons (Fsp3) is 0.212. The lowest BCUT2D eigenvalue weighted by Gasteiger charge is -2.25. The van der Waals surface area contributed by atoms with Crippen LogP contribution in [0.2, 0.25) is 0 Å². The van der Waals surface area contributed by atoms with Crippen LogP contribution in [0.4, 0.5) is 27.6 Å². The van der Waals surface area contributed by atoms with E-state index in [9.17, 15) is 27.6 Å². The molecule has 2 amide bonds. The number of carbonyl (C=O) groups excluding carboxylic acids is 3. The minimum absolute atomic E-state index is 0.00332. The first-order chi connectivity index (χ1) is 22.8. The molecule has 3 aromatic heterocycles. The minimum Gasteiger partial charge on any atom is -0.377 e. The average Bonchev–Trinajstić information content (AvgIpc) is 3.56. The van der Waals surface area contributed by atoms with Gasteiger partial charge in [-0.15, -0.1) is 11.6 Å². The van der Waals surface area contributed by atoms with E-state index in [4.69, 9.17) is 16.3 Å². The topological polar surface area (TPSA) is 97.9 Å². The number of hydrogen-bond acceptors (Lipinski definition) is 5. The molecule has 1 aliphatic heterocycles. The molecule has 0 atom stereocenters. The first-order valence-corrected chi connectivity index (χ1v) is 14.8. The smallest absolute Gasteiger partial charge is 0.377 e. The zero-order valence-corrected chi connectivity index (χ0v) is 26.3. The Labute approximate surface area is 274 Å². The fourth-order valence-corrected chi connectivity index (χ4v) is 6.07. The second-order valence-corrected chi connectivity index (χ2v) is 11.4. The van der Waals surface area contributed by atoms with Crippen molar-refractivity contribution in [1.29, 1.82) is 0 Å². The summed E-state index contributed by atoms with van der Waals surface area (Å²) in [5.41, 5.74) is -2.45. The SMILES string of the molecule is COCc1nc2c3c(c(C(F)(F)F)cc2n1C)-c1cccn2c(C(=O)c4cc(F)c(NC(=O)/C=C/CCl)c(F)c4)cc(c12)CN(C)C3=O. The largest absolute Gasteiger partial charge is 0.417 e. The summed E-state index contributed by atoms with van der Waals surface area (Å²) in [6, 6.07) is 6.63. The zero-order chi connectivity index (χ0) is 34.7. The van der Waals surface area contributed by atoms with Gasteiger partial charge in [0.1, 0.15) is 35.3 Å². The molecule has 2 aromatic carbocycles. The molecule has 0 aliphatic carbocycles. The molecule has 1 aliphatic rings. The van der Waals surface area contributed by atoms with Gasteiger partial charge in [0.15, 0.2) is 0 Å². The van der Waals surface area contributed by atoms with E-state index >= 15 is 8.78 Å². The highest BCUT2D eigenvalue weighted by molar-refractivity contribution is 6.19. The van der Waals surface area contributed by atoms with Crippen LogP contribution in [0.25, 0.3) is 27.7 Å². The van der Waals surface area contributed by atoms with E-state index < -0.39 is 57.8 Å². The van der Waals surface area contributed by atoms with Gasteiger partial charge < -0.3 is 23.9 Å². The predicted molar refractivity (Wildman–Crippen MR) is 167 cm³/mol. The number of hydrogen-bond donors (Lipinski definition) is 1. The van der Waals surface area contributed by atoms with Gasteiger partial charge in [-0.2, -0.15) is 13.2 Å². The lowest BCUT2D eigenvalue weighted by Crippen LogP contribution is -2.29. The number of pyridine rings is 1. The standard InChI is InChI=1S/C33H25ClF5N5O4/c1-42-14-17-12-23(31(46)16-10-20(35)28(21(36)11-16)41-25(45)7-4-8-34)44-9-5-6-18(30(17)44)26-19(33(37,38)39)13-22-29(27(26)32(42)47)40-24(15-48-3)43(22)2/h4-7,9-13H,8,14-15H2,1-3H3,(H,41,45)/b7-4+. The number of ketones is 1. The summed E-state index contributed by atoms with van der Waals surface area (Å²) in [5.74, 6) is -4.59. The monoisotopic (exact) mass is 685 g/mol. The Kier molecular flexibility index (Phi) is 8.33. The molecule has 248 valence electrons. The van der Waals surface area contributed by atoms with Crippen molar-refractivity contribution in [1.82, 2.24) is 18.9 Å². The molecule has 6 rings (SSSR count). The minimum atomic E-state index is -4.91. The second-order valence-electron chi connectivity index (χ2n) is 11.1. The molecule has 0 fully saturated rings. The number of benzene rings is 2. The number of nitrogens with one attached hydrogen (secondary N) is 1. The van der Waals surface area contributed by atoms with Gasteiger partial charge in [-0.25, -0.2) is 13.8 Å². The number of amides is 2. The van der Waals surface area contributed by atoms with Gasteiger partial charge in [-0.3, -0.25) is 14.4 Å². The highest BCUT2D eigenvalue weighted by atomic mass is 35.5. The van der Waals surface area contributed by atoms with Gasteiger partial charge in [0, 0.05) is 62.6 Å². The summed E-state index contributed by atoms with van der Waals surface area (Å²) < 4.78 is 82.6. The molecule has 1 N–H and O–H groups in total. The number of halogens is 6. The number of anilines is 1. The molecule has 0 saturated carbocycles. The van der Waals surface area contributed by atoms with E-state index in [-0.39, 0.29) is 52.4 Å². The lowest BCUT2D eigenvalue weighted by molar-refractivity contribution is -0.137. The maximum absolute atomic E-state index is 15.0. The Hall–Kier alpha value is -5.08. The van der Waals surface area contributed by atoms with Crippen molar-refractivity contribution in [3.05, 3.63) is 100 Å². The Morgan fingerprint density at radius 1 is 1.10 bits per heavy atom. The van der Waals surface area contributed by atoms with E-state index in [1.54, 1.807) is 0 Å². The average molecular weight is 686 g/mol. The molecule has 0 unspecified atom stereocenters. The number of imidazole rings is 1. The fourth-order valence-electron chi connectivity index (χ4n) is 5.98. The molecule has 0 saturated heterocycles. The van der Waals surface area contributed by atoms with Crippen LogP contribution in [0.15, 0.2) is 54.7 Å². The van der Waals surface area contributed by atoms with Crippen molar-refractivity contribution in [3.63, 3.8) is 0 Å². The van der Waals surface area contributed by atoms with Crippen LogP contribution in [0.1, 0.15) is 43.4 Å².